The van der Waals surface area contributed by atoms with Gasteiger partial charge in [-0.3, -0.25) is 4.79 Å². The summed E-state index contributed by atoms with van der Waals surface area (Å²) in [6, 6.07) is 15.5. The molecule has 0 bridgehead atoms. The van der Waals surface area contributed by atoms with Crippen LogP contribution in [-0.4, -0.2) is 18.3 Å². The third kappa shape index (κ3) is 5.77. The molecule has 0 radical (unpaired) electrons. The average molecular weight is 364 g/mol. The van der Waals surface area contributed by atoms with Crippen molar-refractivity contribution in [3.63, 3.8) is 0 Å². The van der Waals surface area contributed by atoms with E-state index in [0.29, 0.717) is 12.4 Å². The minimum absolute atomic E-state index is 0.0217. The molecule has 0 saturated heterocycles. The van der Waals surface area contributed by atoms with Gasteiger partial charge in [-0.25, -0.2) is 0 Å². The molecule has 0 unspecified atom stereocenters. The van der Waals surface area contributed by atoms with Gasteiger partial charge in [-0.1, -0.05) is 41.9 Å². The Kier molecular flexibility index (Phi) is 7.47. The molecular formula is C19H22ClNO2S. The fourth-order valence-electron chi connectivity index (χ4n) is 2.26. The number of benzene rings is 2. The first-order valence-corrected chi connectivity index (χ1v) is 9.46. The third-order valence-electron chi connectivity index (χ3n) is 3.52. The monoisotopic (exact) mass is 363 g/mol. The van der Waals surface area contributed by atoms with Gasteiger partial charge in [0.1, 0.15) is 5.75 Å². The van der Waals surface area contributed by atoms with Gasteiger partial charge in [0, 0.05) is 10.8 Å². The lowest BCUT2D eigenvalue weighted by Crippen LogP contribution is -2.28. The molecule has 1 atom stereocenters. The normalized spacial score (nSPS) is 11.8. The number of thioether (sulfide) groups is 1. The van der Waals surface area contributed by atoms with Crippen LogP contribution < -0.4 is 10.1 Å². The molecule has 0 fully saturated rings. The van der Waals surface area contributed by atoms with Crippen LogP contribution in [0.1, 0.15) is 31.0 Å². The van der Waals surface area contributed by atoms with Crippen molar-refractivity contribution in [3.05, 3.63) is 64.7 Å². The highest BCUT2D eigenvalue weighted by atomic mass is 35.5. The van der Waals surface area contributed by atoms with E-state index in [0.717, 1.165) is 27.7 Å². The molecule has 0 aliphatic heterocycles. The first-order valence-electron chi connectivity index (χ1n) is 7.93. The first kappa shape index (κ1) is 18.7. The minimum atomic E-state index is -0.0333. The Bertz CT molecular complexity index is 661. The van der Waals surface area contributed by atoms with Gasteiger partial charge in [0.2, 0.25) is 5.91 Å². The molecule has 0 aromatic heterocycles. The van der Waals surface area contributed by atoms with Crippen LogP contribution in [0.3, 0.4) is 0 Å². The number of ether oxygens (including phenoxy) is 1. The molecule has 5 heteroatoms. The number of nitrogens with one attached hydrogen (secondary N) is 1. The summed E-state index contributed by atoms with van der Waals surface area (Å²) in [4.78, 5) is 12.1. The topological polar surface area (TPSA) is 38.3 Å². The van der Waals surface area contributed by atoms with E-state index in [-0.39, 0.29) is 11.9 Å². The summed E-state index contributed by atoms with van der Waals surface area (Å²) in [6.07, 6.45) is 0. The van der Waals surface area contributed by atoms with Crippen molar-refractivity contribution in [2.24, 2.45) is 0 Å². The second-order valence-electron chi connectivity index (χ2n) is 5.38. The van der Waals surface area contributed by atoms with E-state index in [1.54, 1.807) is 11.8 Å². The Balaban J connectivity index is 1.78. The summed E-state index contributed by atoms with van der Waals surface area (Å²) in [7, 11) is 0. The molecule has 2 aromatic rings. The van der Waals surface area contributed by atoms with Crippen molar-refractivity contribution in [1.29, 1.82) is 0 Å². The summed E-state index contributed by atoms with van der Waals surface area (Å²) in [5.74, 6) is 2.00. The van der Waals surface area contributed by atoms with Gasteiger partial charge in [-0.05, 0) is 43.2 Å². The predicted molar refractivity (Wildman–Crippen MR) is 102 cm³/mol. The summed E-state index contributed by atoms with van der Waals surface area (Å²) < 4.78 is 5.43. The largest absolute Gasteiger partial charge is 0.494 e. The quantitative estimate of drug-likeness (QED) is 0.728. The first-order chi connectivity index (χ1) is 11.6. The van der Waals surface area contributed by atoms with E-state index >= 15 is 0 Å². The molecule has 2 aromatic carbocycles. The zero-order valence-electron chi connectivity index (χ0n) is 13.9. The van der Waals surface area contributed by atoms with Crippen LogP contribution in [0.4, 0.5) is 0 Å². The second kappa shape index (κ2) is 9.60. The van der Waals surface area contributed by atoms with Gasteiger partial charge in [0.05, 0.1) is 18.4 Å². The minimum Gasteiger partial charge on any atom is -0.494 e. The lowest BCUT2D eigenvalue weighted by molar-refractivity contribution is -0.119. The van der Waals surface area contributed by atoms with Crippen molar-refractivity contribution in [3.8, 4) is 5.75 Å². The Hall–Kier alpha value is -1.65. The maximum absolute atomic E-state index is 12.1. The van der Waals surface area contributed by atoms with Crippen LogP contribution in [0.25, 0.3) is 0 Å². The summed E-state index contributed by atoms with van der Waals surface area (Å²) in [6.45, 7) is 4.58. The van der Waals surface area contributed by atoms with Gasteiger partial charge >= 0.3 is 0 Å². The highest BCUT2D eigenvalue weighted by molar-refractivity contribution is 7.99. The van der Waals surface area contributed by atoms with Crippen molar-refractivity contribution in [1.82, 2.24) is 5.32 Å². The third-order valence-corrected chi connectivity index (χ3v) is 4.87. The summed E-state index contributed by atoms with van der Waals surface area (Å²) in [5.41, 5.74) is 2.11. The van der Waals surface area contributed by atoms with Crippen LogP contribution in [0, 0.1) is 0 Å². The van der Waals surface area contributed by atoms with E-state index in [9.17, 15) is 4.79 Å². The summed E-state index contributed by atoms with van der Waals surface area (Å²) in [5, 5.41) is 3.76. The van der Waals surface area contributed by atoms with E-state index in [1.165, 1.54) is 0 Å². The molecule has 0 spiro atoms. The number of hydrogen-bond acceptors (Lipinski definition) is 3. The molecule has 24 heavy (non-hydrogen) atoms. The molecule has 1 amide bonds. The average Bonchev–Trinajstić information content (AvgIpc) is 2.57. The zero-order valence-corrected chi connectivity index (χ0v) is 15.5. The number of halogens is 1. The highest BCUT2D eigenvalue weighted by Crippen LogP contribution is 2.21. The van der Waals surface area contributed by atoms with Crippen molar-refractivity contribution < 1.29 is 9.53 Å². The van der Waals surface area contributed by atoms with Crippen LogP contribution in [-0.2, 0) is 10.5 Å². The fourth-order valence-corrected chi connectivity index (χ4v) is 3.38. The SMILES string of the molecule is CCOc1ccc([C@@H](C)NC(=O)CSCc2ccccc2Cl)cc1. The lowest BCUT2D eigenvalue weighted by Gasteiger charge is -2.15. The summed E-state index contributed by atoms with van der Waals surface area (Å²) >= 11 is 7.67. The zero-order chi connectivity index (χ0) is 17.4. The number of carbonyl (C=O) groups excluding carboxylic acids is 1. The van der Waals surface area contributed by atoms with Crippen LogP contribution >= 0.6 is 23.4 Å². The lowest BCUT2D eigenvalue weighted by atomic mass is 10.1. The Morgan fingerprint density at radius 2 is 1.92 bits per heavy atom. The second-order valence-corrected chi connectivity index (χ2v) is 6.77. The predicted octanol–water partition coefficient (Wildman–Crippen LogP) is 4.85. The molecule has 0 aliphatic rings. The van der Waals surface area contributed by atoms with E-state index < -0.39 is 0 Å². The van der Waals surface area contributed by atoms with Crippen LogP contribution in [0.15, 0.2) is 48.5 Å². The Morgan fingerprint density at radius 3 is 2.58 bits per heavy atom. The van der Waals surface area contributed by atoms with Crippen molar-refractivity contribution in [2.45, 2.75) is 25.6 Å². The number of carbonyl (C=O) groups is 1. The number of rotatable bonds is 8. The maximum Gasteiger partial charge on any atom is 0.230 e. The van der Waals surface area contributed by atoms with Gasteiger partial charge < -0.3 is 10.1 Å². The van der Waals surface area contributed by atoms with Crippen molar-refractivity contribution in [2.75, 3.05) is 12.4 Å². The molecule has 0 heterocycles. The molecular weight excluding hydrogens is 342 g/mol. The van der Waals surface area contributed by atoms with E-state index in [1.807, 2.05) is 62.4 Å². The fraction of sp³-hybridized carbons (Fsp3) is 0.316. The standard InChI is InChI=1S/C19H22ClNO2S/c1-3-23-17-10-8-15(9-11-17)14(2)21-19(22)13-24-12-16-6-4-5-7-18(16)20/h4-11,14H,3,12-13H2,1-2H3,(H,21,22)/t14-/m1/s1. The molecule has 1 N–H and O–H groups in total. The Morgan fingerprint density at radius 1 is 1.21 bits per heavy atom. The molecule has 3 nitrogen and oxygen atoms in total. The van der Waals surface area contributed by atoms with E-state index in [4.69, 9.17) is 16.3 Å². The van der Waals surface area contributed by atoms with Gasteiger partial charge in [0.15, 0.2) is 0 Å². The maximum atomic E-state index is 12.1. The van der Waals surface area contributed by atoms with Gasteiger partial charge in [0.25, 0.3) is 0 Å². The molecule has 2 rings (SSSR count). The van der Waals surface area contributed by atoms with Crippen LogP contribution in [0.5, 0.6) is 5.75 Å². The van der Waals surface area contributed by atoms with Crippen LogP contribution in [0.2, 0.25) is 5.02 Å². The van der Waals surface area contributed by atoms with E-state index in [2.05, 4.69) is 5.32 Å². The van der Waals surface area contributed by atoms with Gasteiger partial charge in [-0.2, -0.15) is 0 Å². The molecule has 0 saturated carbocycles. The smallest absolute Gasteiger partial charge is 0.230 e. The Labute approximate surface area is 152 Å². The molecule has 128 valence electrons. The molecule has 0 aliphatic carbocycles. The van der Waals surface area contributed by atoms with Gasteiger partial charge in [-0.15, -0.1) is 11.8 Å². The number of amides is 1. The number of hydrogen-bond donors (Lipinski definition) is 1. The van der Waals surface area contributed by atoms with Crippen molar-refractivity contribution >= 4 is 29.3 Å². The highest BCUT2D eigenvalue weighted by Gasteiger charge is 2.10.